The molecular formula is C20H19N3O4. The Morgan fingerprint density at radius 3 is 2.48 bits per heavy atom. The largest absolute Gasteiger partial charge is 0.467 e. The molecule has 0 aliphatic rings. The number of carbonyl (C=O) groups excluding carboxylic acids is 2. The van der Waals surface area contributed by atoms with Crippen LogP contribution in [0.3, 0.4) is 0 Å². The van der Waals surface area contributed by atoms with Crippen molar-refractivity contribution >= 4 is 23.3 Å². The minimum absolute atomic E-state index is 0.285. The van der Waals surface area contributed by atoms with Crippen LogP contribution >= 0.6 is 0 Å². The molecule has 0 unspecified atom stereocenters. The summed E-state index contributed by atoms with van der Waals surface area (Å²) in [6.45, 7) is 2.60. The first-order valence-corrected chi connectivity index (χ1v) is 8.46. The number of nitrogens with one attached hydrogen (secondary N) is 2. The first kappa shape index (κ1) is 18.2. The van der Waals surface area contributed by atoms with Crippen LogP contribution in [-0.4, -0.2) is 23.5 Å². The summed E-state index contributed by atoms with van der Waals surface area (Å²) in [5.41, 5.74) is 2.06. The monoisotopic (exact) mass is 365 g/mol. The summed E-state index contributed by atoms with van der Waals surface area (Å²) >= 11 is 0. The molecule has 0 saturated heterocycles. The average Bonchev–Trinajstić information content (AvgIpc) is 3.21. The number of hydrogen-bond acceptors (Lipinski definition) is 6. The van der Waals surface area contributed by atoms with Crippen molar-refractivity contribution in [3.63, 3.8) is 0 Å². The summed E-state index contributed by atoms with van der Waals surface area (Å²) in [5, 5.41) is 5.90. The van der Waals surface area contributed by atoms with E-state index in [0.717, 1.165) is 11.4 Å². The number of benzene rings is 1. The lowest BCUT2D eigenvalue weighted by molar-refractivity contribution is 0.0526. The van der Waals surface area contributed by atoms with Crippen LogP contribution in [0.5, 0.6) is 0 Å². The summed E-state index contributed by atoms with van der Waals surface area (Å²) in [7, 11) is 0. The van der Waals surface area contributed by atoms with Crippen molar-refractivity contribution in [2.75, 3.05) is 17.2 Å². The first-order valence-electron chi connectivity index (χ1n) is 8.46. The number of aromatic nitrogens is 1. The topological polar surface area (TPSA) is 93.5 Å². The molecule has 138 valence electrons. The van der Waals surface area contributed by atoms with Crippen molar-refractivity contribution in [1.82, 2.24) is 4.98 Å². The number of rotatable bonds is 7. The van der Waals surface area contributed by atoms with E-state index < -0.39 is 5.97 Å². The summed E-state index contributed by atoms with van der Waals surface area (Å²) in [6, 6.07) is 13.6. The zero-order valence-electron chi connectivity index (χ0n) is 14.8. The van der Waals surface area contributed by atoms with E-state index in [0.29, 0.717) is 24.4 Å². The molecule has 7 heteroatoms. The van der Waals surface area contributed by atoms with Gasteiger partial charge in [-0.25, -0.2) is 9.78 Å². The van der Waals surface area contributed by atoms with Gasteiger partial charge in [-0.1, -0.05) is 0 Å². The van der Waals surface area contributed by atoms with Gasteiger partial charge in [-0.05, 0) is 55.5 Å². The number of carbonyl (C=O) groups is 2. The molecule has 1 aromatic carbocycles. The van der Waals surface area contributed by atoms with Crippen molar-refractivity contribution in [2.45, 2.75) is 13.5 Å². The van der Waals surface area contributed by atoms with Crippen molar-refractivity contribution < 1.29 is 18.7 Å². The molecule has 27 heavy (non-hydrogen) atoms. The maximum Gasteiger partial charge on any atom is 0.338 e. The average molecular weight is 365 g/mol. The number of pyridine rings is 1. The molecule has 2 aromatic heterocycles. The highest BCUT2D eigenvalue weighted by molar-refractivity contribution is 6.03. The zero-order valence-corrected chi connectivity index (χ0v) is 14.8. The minimum atomic E-state index is -0.394. The molecule has 0 bridgehead atoms. The lowest BCUT2D eigenvalue weighted by atomic mass is 10.2. The number of amides is 1. The molecule has 1 amide bonds. The Morgan fingerprint density at radius 1 is 1.07 bits per heavy atom. The standard InChI is InChI=1S/C20H19N3O4/c1-2-26-20(25)14-5-7-15(8-6-14)23-19(24)18-10-9-16(12-22-18)21-13-17-4-3-11-27-17/h3-12,21H,2,13H2,1H3,(H,23,24). The predicted octanol–water partition coefficient (Wildman–Crippen LogP) is 3.72. The Labute approximate surface area is 156 Å². The Morgan fingerprint density at radius 2 is 1.85 bits per heavy atom. The number of anilines is 2. The van der Waals surface area contributed by atoms with Crippen LogP contribution in [0.25, 0.3) is 0 Å². The fourth-order valence-corrected chi connectivity index (χ4v) is 2.33. The van der Waals surface area contributed by atoms with E-state index >= 15 is 0 Å². The highest BCUT2D eigenvalue weighted by Crippen LogP contribution is 2.13. The van der Waals surface area contributed by atoms with Crippen LogP contribution in [0.2, 0.25) is 0 Å². The van der Waals surface area contributed by atoms with E-state index in [1.165, 1.54) is 0 Å². The molecule has 0 saturated carbocycles. The molecule has 0 aliphatic carbocycles. The molecule has 0 radical (unpaired) electrons. The van der Waals surface area contributed by atoms with Gasteiger partial charge in [0.1, 0.15) is 11.5 Å². The van der Waals surface area contributed by atoms with Crippen LogP contribution in [0, 0.1) is 0 Å². The summed E-state index contributed by atoms with van der Waals surface area (Å²) < 4.78 is 10.2. The number of ether oxygens (including phenoxy) is 1. The van der Waals surface area contributed by atoms with Crippen LogP contribution in [0.1, 0.15) is 33.5 Å². The third-order valence-electron chi connectivity index (χ3n) is 3.70. The van der Waals surface area contributed by atoms with Gasteiger partial charge in [-0.3, -0.25) is 4.79 Å². The van der Waals surface area contributed by atoms with Crippen LogP contribution in [0.4, 0.5) is 11.4 Å². The van der Waals surface area contributed by atoms with Gasteiger partial charge < -0.3 is 19.8 Å². The maximum atomic E-state index is 12.3. The molecule has 7 nitrogen and oxygen atoms in total. The van der Waals surface area contributed by atoms with Crippen LogP contribution in [0.15, 0.2) is 65.4 Å². The smallest absolute Gasteiger partial charge is 0.338 e. The zero-order chi connectivity index (χ0) is 19.1. The lowest BCUT2D eigenvalue weighted by Crippen LogP contribution is -2.14. The second-order valence-electron chi connectivity index (χ2n) is 5.62. The van der Waals surface area contributed by atoms with Crippen LogP contribution in [-0.2, 0) is 11.3 Å². The Balaban J connectivity index is 1.56. The van der Waals surface area contributed by atoms with Gasteiger partial charge >= 0.3 is 5.97 Å². The minimum Gasteiger partial charge on any atom is -0.467 e. The van der Waals surface area contributed by atoms with Gasteiger partial charge in [-0.2, -0.15) is 0 Å². The molecule has 2 heterocycles. The number of nitrogens with zero attached hydrogens (tertiary/aromatic N) is 1. The second kappa shape index (κ2) is 8.66. The Kier molecular flexibility index (Phi) is 5.84. The summed E-state index contributed by atoms with van der Waals surface area (Å²) in [5.74, 6) is 0.0780. The van der Waals surface area contributed by atoms with Crippen molar-refractivity contribution in [3.8, 4) is 0 Å². The van der Waals surface area contributed by atoms with E-state index in [9.17, 15) is 9.59 Å². The van der Waals surface area contributed by atoms with Gasteiger partial charge in [0.2, 0.25) is 0 Å². The molecule has 0 atom stereocenters. The van der Waals surface area contributed by atoms with E-state index in [4.69, 9.17) is 9.15 Å². The molecule has 2 N–H and O–H groups in total. The lowest BCUT2D eigenvalue weighted by Gasteiger charge is -2.07. The third-order valence-corrected chi connectivity index (χ3v) is 3.70. The van der Waals surface area contributed by atoms with Gasteiger partial charge in [0.05, 0.1) is 36.9 Å². The van der Waals surface area contributed by atoms with Crippen molar-refractivity contribution in [3.05, 3.63) is 78.0 Å². The normalized spacial score (nSPS) is 10.3. The molecule has 0 spiro atoms. The fraction of sp³-hybridized carbons (Fsp3) is 0.150. The van der Waals surface area contributed by atoms with Gasteiger partial charge in [0.25, 0.3) is 5.91 Å². The van der Waals surface area contributed by atoms with Crippen molar-refractivity contribution in [2.24, 2.45) is 0 Å². The Bertz CT molecular complexity index is 888. The van der Waals surface area contributed by atoms with Crippen LogP contribution < -0.4 is 10.6 Å². The fourth-order valence-electron chi connectivity index (χ4n) is 2.33. The maximum absolute atomic E-state index is 12.3. The van der Waals surface area contributed by atoms with E-state index in [1.807, 2.05) is 12.1 Å². The van der Waals surface area contributed by atoms with Crippen molar-refractivity contribution in [1.29, 1.82) is 0 Å². The highest BCUT2D eigenvalue weighted by Gasteiger charge is 2.10. The molecule has 0 aliphatic heterocycles. The number of hydrogen-bond donors (Lipinski definition) is 2. The molecule has 3 rings (SSSR count). The third kappa shape index (κ3) is 4.94. The van der Waals surface area contributed by atoms with Gasteiger partial charge in [0.15, 0.2) is 0 Å². The quantitative estimate of drug-likeness (QED) is 0.620. The second-order valence-corrected chi connectivity index (χ2v) is 5.62. The highest BCUT2D eigenvalue weighted by atomic mass is 16.5. The van der Waals surface area contributed by atoms with E-state index in [2.05, 4.69) is 15.6 Å². The van der Waals surface area contributed by atoms with Gasteiger partial charge in [0, 0.05) is 5.69 Å². The predicted molar refractivity (Wildman–Crippen MR) is 101 cm³/mol. The Hall–Kier alpha value is -3.61. The summed E-state index contributed by atoms with van der Waals surface area (Å²) in [6.07, 6.45) is 3.20. The van der Waals surface area contributed by atoms with Gasteiger partial charge in [-0.15, -0.1) is 0 Å². The van der Waals surface area contributed by atoms with E-state index in [-0.39, 0.29) is 11.6 Å². The molecule has 0 fully saturated rings. The summed E-state index contributed by atoms with van der Waals surface area (Å²) in [4.78, 5) is 28.1. The molecular weight excluding hydrogens is 346 g/mol. The molecule has 3 aromatic rings. The first-order chi connectivity index (χ1) is 13.2. The number of furan rings is 1. The van der Waals surface area contributed by atoms with E-state index in [1.54, 1.807) is 55.8 Å². The number of esters is 1. The SMILES string of the molecule is CCOC(=O)c1ccc(NC(=O)c2ccc(NCc3ccco3)cn2)cc1.